The summed E-state index contributed by atoms with van der Waals surface area (Å²) < 4.78 is 1.17. The zero-order valence-electron chi connectivity index (χ0n) is 9.83. The number of nitrogens with two attached hydrogens (primary N) is 1. The molecule has 0 bridgehead atoms. The zero-order chi connectivity index (χ0) is 11.5. The third-order valence-corrected chi connectivity index (χ3v) is 4.39. The van der Waals surface area contributed by atoms with Crippen LogP contribution in [0.2, 0.25) is 0 Å². The third kappa shape index (κ3) is 2.86. The van der Waals surface area contributed by atoms with E-state index in [0.29, 0.717) is 6.04 Å². The van der Waals surface area contributed by atoms with E-state index in [-0.39, 0.29) is 0 Å². The molecule has 1 aliphatic carbocycles. The van der Waals surface area contributed by atoms with Crippen LogP contribution in [0.5, 0.6) is 0 Å². The first-order valence-electron chi connectivity index (χ1n) is 6.18. The van der Waals surface area contributed by atoms with Crippen molar-refractivity contribution < 1.29 is 0 Å². The van der Waals surface area contributed by atoms with E-state index in [0.717, 1.165) is 11.8 Å². The second-order valence-electron chi connectivity index (χ2n) is 5.02. The van der Waals surface area contributed by atoms with Crippen molar-refractivity contribution in [2.75, 3.05) is 0 Å². The minimum Gasteiger partial charge on any atom is -0.328 e. The van der Waals surface area contributed by atoms with Gasteiger partial charge in [-0.15, -0.1) is 0 Å². The highest BCUT2D eigenvalue weighted by molar-refractivity contribution is 9.10. The fourth-order valence-electron chi connectivity index (χ4n) is 2.71. The number of benzene rings is 1. The highest BCUT2D eigenvalue weighted by Gasteiger charge is 2.24. The van der Waals surface area contributed by atoms with Crippen molar-refractivity contribution in [1.82, 2.24) is 0 Å². The lowest BCUT2D eigenvalue weighted by Gasteiger charge is -2.30. The number of halogens is 1. The lowest BCUT2D eigenvalue weighted by molar-refractivity contribution is 0.291. The molecule has 1 unspecified atom stereocenters. The van der Waals surface area contributed by atoms with E-state index in [2.05, 4.69) is 47.1 Å². The van der Waals surface area contributed by atoms with Gasteiger partial charge < -0.3 is 5.73 Å². The average molecular weight is 282 g/mol. The first kappa shape index (κ1) is 12.1. The van der Waals surface area contributed by atoms with E-state index in [4.69, 9.17) is 5.73 Å². The molecule has 0 heterocycles. The molecule has 0 amide bonds. The van der Waals surface area contributed by atoms with Crippen molar-refractivity contribution in [2.24, 2.45) is 11.7 Å². The van der Waals surface area contributed by atoms with Gasteiger partial charge in [0.25, 0.3) is 0 Å². The van der Waals surface area contributed by atoms with Crippen LogP contribution >= 0.6 is 15.9 Å². The van der Waals surface area contributed by atoms with Gasteiger partial charge in [-0.3, -0.25) is 0 Å². The summed E-state index contributed by atoms with van der Waals surface area (Å²) in [6.07, 6.45) is 5.18. The summed E-state index contributed by atoms with van der Waals surface area (Å²) in [6.45, 7) is 2.14. The molecule has 0 aromatic heterocycles. The summed E-state index contributed by atoms with van der Waals surface area (Å²) in [7, 11) is 0. The fourth-order valence-corrected chi connectivity index (χ4v) is 2.98. The summed E-state index contributed by atoms with van der Waals surface area (Å²) in [5, 5.41) is 0. The Morgan fingerprint density at radius 1 is 1.12 bits per heavy atom. The van der Waals surface area contributed by atoms with Crippen molar-refractivity contribution in [2.45, 2.75) is 44.6 Å². The van der Waals surface area contributed by atoms with Crippen LogP contribution in [-0.2, 0) is 0 Å². The van der Waals surface area contributed by atoms with Gasteiger partial charge in [0.05, 0.1) is 0 Å². The molecule has 1 atom stereocenters. The molecule has 2 rings (SSSR count). The Morgan fingerprint density at radius 2 is 1.69 bits per heavy atom. The molecule has 0 saturated heterocycles. The van der Waals surface area contributed by atoms with Crippen LogP contribution in [0, 0.1) is 5.92 Å². The van der Waals surface area contributed by atoms with Crippen LogP contribution in [0.3, 0.4) is 0 Å². The summed E-state index contributed by atoms with van der Waals surface area (Å²) in [5.74, 6) is 1.50. The van der Waals surface area contributed by atoms with Gasteiger partial charge in [0.2, 0.25) is 0 Å². The van der Waals surface area contributed by atoms with Crippen LogP contribution in [0.25, 0.3) is 0 Å². The fraction of sp³-hybridized carbons (Fsp3) is 0.571. The van der Waals surface area contributed by atoms with Gasteiger partial charge in [-0.05, 0) is 62.1 Å². The molecule has 16 heavy (non-hydrogen) atoms. The van der Waals surface area contributed by atoms with E-state index < -0.39 is 0 Å². The predicted octanol–water partition coefficient (Wildman–Crippen LogP) is 4.07. The maximum absolute atomic E-state index is 5.96. The first-order valence-corrected chi connectivity index (χ1v) is 6.97. The molecule has 2 N–H and O–H groups in total. The average Bonchev–Trinajstić information content (AvgIpc) is 2.30. The lowest BCUT2D eigenvalue weighted by Crippen LogP contribution is -2.29. The molecule has 1 nitrogen and oxygen atoms in total. The van der Waals surface area contributed by atoms with E-state index in [1.807, 2.05) is 0 Å². The lowest BCUT2D eigenvalue weighted by atomic mass is 9.76. The van der Waals surface area contributed by atoms with E-state index in [1.165, 1.54) is 35.7 Å². The smallest absolute Gasteiger partial charge is 0.0175 e. The number of hydrogen-bond donors (Lipinski definition) is 1. The van der Waals surface area contributed by atoms with Gasteiger partial charge in [0.15, 0.2) is 0 Å². The van der Waals surface area contributed by atoms with E-state index in [9.17, 15) is 0 Å². The van der Waals surface area contributed by atoms with Crippen molar-refractivity contribution in [3.63, 3.8) is 0 Å². The maximum atomic E-state index is 5.96. The van der Waals surface area contributed by atoms with E-state index >= 15 is 0 Å². The van der Waals surface area contributed by atoms with Crippen molar-refractivity contribution >= 4 is 15.9 Å². The van der Waals surface area contributed by atoms with Gasteiger partial charge in [-0.25, -0.2) is 0 Å². The molecule has 1 aromatic rings. The standard InChI is InChI=1S/C14H20BrN/c1-10(16)11-2-4-12(5-3-11)13-6-8-14(15)9-7-13/h6-12H,2-5,16H2,1H3. The second-order valence-corrected chi connectivity index (χ2v) is 5.94. The van der Waals surface area contributed by atoms with Crippen molar-refractivity contribution in [1.29, 1.82) is 0 Å². The Labute approximate surface area is 107 Å². The maximum Gasteiger partial charge on any atom is 0.0175 e. The molecule has 1 aliphatic rings. The Balaban J connectivity index is 1.96. The predicted molar refractivity (Wildman–Crippen MR) is 72.5 cm³/mol. The largest absolute Gasteiger partial charge is 0.328 e. The zero-order valence-corrected chi connectivity index (χ0v) is 11.4. The molecular formula is C14H20BrN. The minimum atomic E-state index is 0.367. The minimum absolute atomic E-state index is 0.367. The van der Waals surface area contributed by atoms with Crippen LogP contribution in [0.1, 0.15) is 44.1 Å². The Hall–Kier alpha value is -0.340. The topological polar surface area (TPSA) is 26.0 Å². The number of rotatable bonds is 2. The highest BCUT2D eigenvalue weighted by atomic mass is 79.9. The van der Waals surface area contributed by atoms with Crippen molar-refractivity contribution in [3.05, 3.63) is 34.3 Å². The molecule has 0 spiro atoms. The molecule has 0 radical (unpaired) electrons. The summed E-state index contributed by atoms with van der Waals surface area (Å²) in [4.78, 5) is 0. The Bertz CT molecular complexity index is 323. The molecule has 2 heteroatoms. The second kappa shape index (κ2) is 5.33. The molecule has 1 fully saturated rings. The molecule has 1 saturated carbocycles. The van der Waals surface area contributed by atoms with Crippen LogP contribution in [0.4, 0.5) is 0 Å². The van der Waals surface area contributed by atoms with Crippen molar-refractivity contribution in [3.8, 4) is 0 Å². The van der Waals surface area contributed by atoms with Crippen LogP contribution in [-0.4, -0.2) is 6.04 Å². The molecule has 88 valence electrons. The summed E-state index contributed by atoms with van der Waals surface area (Å²) in [5.41, 5.74) is 7.46. The molecule has 1 aromatic carbocycles. The van der Waals surface area contributed by atoms with Gasteiger partial charge in [-0.2, -0.15) is 0 Å². The highest BCUT2D eigenvalue weighted by Crippen LogP contribution is 2.36. The van der Waals surface area contributed by atoms with Gasteiger partial charge >= 0.3 is 0 Å². The van der Waals surface area contributed by atoms with Crippen LogP contribution in [0.15, 0.2) is 28.7 Å². The Morgan fingerprint density at radius 3 is 2.19 bits per heavy atom. The third-order valence-electron chi connectivity index (χ3n) is 3.86. The molecular weight excluding hydrogens is 262 g/mol. The quantitative estimate of drug-likeness (QED) is 0.869. The van der Waals surface area contributed by atoms with E-state index in [1.54, 1.807) is 0 Å². The first-order chi connectivity index (χ1) is 7.66. The summed E-state index contributed by atoms with van der Waals surface area (Å²) >= 11 is 3.48. The summed E-state index contributed by atoms with van der Waals surface area (Å²) in [6, 6.07) is 9.16. The molecule has 0 aliphatic heterocycles. The monoisotopic (exact) mass is 281 g/mol. The number of hydrogen-bond acceptors (Lipinski definition) is 1. The van der Waals surface area contributed by atoms with Gasteiger partial charge in [0.1, 0.15) is 0 Å². The Kier molecular flexibility index (Phi) is 4.04. The van der Waals surface area contributed by atoms with Gasteiger partial charge in [-0.1, -0.05) is 28.1 Å². The van der Waals surface area contributed by atoms with Gasteiger partial charge in [0, 0.05) is 10.5 Å². The van der Waals surface area contributed by atoms with Crippen LogP contribution < -0.4 is 5.73 Å². The SMILES string of the molecule is CC(N)C1CCC(c2ccc(Br)cc2)CC1. The normalized spacial score (nSPS) is 27.7.